The van der Waals surface area contributed by atoms with Gasteiger partial charge in [-0.3, -0.25) is 15.0 Å². The number of carbonyl (C=O) groups excluding carboxylic acids is 2. The van der Waals surface area contributed by atoms with Gasteiger partial charge in [-0.1, -0.05) is 0 Å². The quantitative estimate of drug-likeness (QED) is 0.749. The van der Waals surface area contributed by atoms with E-state index in [9.17, 15) is 18.0 Å². The van der Waals surface area contributed by atoms with Crippen molar-refractivity contribution in [3.8, 4) is 0 Å². The van der Waals surface area contributed by atoms with Crippen molar-refractivity contribution < 1.29 is 22.7 Å². The number of hydrogen-bond donors (Lipinski definition) is 2. The van der Waals surface area contributed by atoms with Gasteiger partial charge in [0, 0.05) is 24.4 Å². The molecule has 26 heavy (non-hydrogen) atoms. The lowest BCUT2D eigenvalue weighted by Crippen LogP contribution is -2.48. The Morgan fingerprint density at radius 2 is 2.12 bits per heavy atom. The van der Waals surface area contributed by atoms with Gasteiger partial charge in [-0.05, 0) is 25.1 Å². The zero-order chi connectivity index (χ0) is 18.7. The summed E-state index contributed by atoms with van der Waals surface area (Å²) in [5.41, 5.74) is 3.19. The van der Waals surface area contributed by atoms with E-state index in [1.54, 1.807) is 18.0 Å². The van der Waals surface area contributed by atoms with Gasteiger partial charge in [0.1, 0.15) is 0 Å². The lowest BCUT2D eigenvalue weighted by atomic mass is 10.3. The maximum atomic E-state index is 12.5. The van der Waals surface area contributed by atoms with Gasteiger partial charge >= 0.3 is 0 Å². The lowest BCUT2D eigenvalue weighted by Gasteiger charge is -2.26. The second-order valence-electron chi connectivity index (χ2n) is 6.11. The van der Waals surface area contributed by atoms with E-state index >= 15 is 0 Å². The van der Waals surface area contributed by atoms with Crippen LogP contribution in [0.1, 0.15) is 13.3 Å². The SMILES string of the molecule is C[C@H]1Sc2ccc(S(=O)(=O)CCC(=O)NN3CCOCC3)cc2NC1=O. The summed E-state index contributed by atoms with van der Waals surface area (Å²) in [5, 5.41) is 4.23. The number of sulfone groups is 1. The number of amides is 2. The molecule has 0 radical (unpaired) electrons. The maximum absolute atomic E-state index is 12.5. The van der Waals surface area contributed by atoms with E-state index in [4.69, 9.17) is 4.74 Å². The first-order valence-electron chi connectivity index (χ1n) is 8.32. The van der Waals surface area contributed by atoms with Crippen LogP contribution < -0.4 is 10.7 Å². The van der Waals surface area contributed by atoms with Crippen molar-refractivity contribution in [3.63, 3.8) is 0 Å². The van der Waals surface area contributed by atoms with E-state index < -0.39 is 9.84 Å². The van der Waals surface area contributed by atoms with E-state index in [1.807, 2.05) is 0 Å². The predicted octanol–water partition coefficient (Wildman–Crippen LogP) is 0.646. The lowest BCUT2D eigenvalue weighted by molar-refractivity contribution is -0.127. The Bertz CT molecular complexity index is 806. The third-order valence-corrected chi connectivity index (χ3v) is 7.02. The molecule has 2 aliphatic heterocycles. The van der Waals surface area contributed by atoms with Crippen LogP contribution in [0.3, 0.4) is 0 Å². The highest BCUT2D eigenvalue weighted by molar-refractivity contribution is 8.01. The predicted molar refractivity (Wildman–Crippen MR) is 97.6 cm³/mol. The molecule has 0 bridgehead atoms. The molecule has 1 atom stereocenters. The summed E-state index contributed by atoms with van der Waals surface area (Å²) >= 11 is 1.39. The highest BCUT2D eigenvalue weighted by Gasteiger charge is 2.25. The Hall–Kier alpha value is -1.62. The number of morpholine rings is 1. The molecule has 0 aliphatic carbocycles. The topological polar surface area (TPSA) is 105 Å². The molecule has 2 N–H and O–H groups in total. The fraction of sp³-hybridized carbons (Fsp3) is 0.500. The normalized spacial score (nSPS) is 21.0. The number of benzene rings is 1. The Labute approximate surface area is 156 Å². The second kappa shape index (κ2) is 7.95. The summed E-state index contributed by atoms with van der Waals surface area (Å²) in [6.45, 7) is 4.03. The smallest absolute Gasteiger partial charge is 0.237 e. The molecule has 1 aromatic rings. The van der Waals surface area contributed by atoms with E-state index in [0.29, 0.717) is 32.0 Å². The number of carbonyl (C=O) groups is 2. The summed E-state index contributed by atoms with van der Waals surface area (Å²) in [6, 6.07) is 4.67. The fourth-order valence-electron chi connectivity index (χ4n) is 2.63. The molecule has 10 heteroatoms. The van der Waals surface area contributed by atoms with Gasteiger partial charge in [-0.25, -0.2) is 13.4 Å². The largest absolute Gasteiger partial charge is 0.379 e. The zero-order valence-electron chi connectivity index (χ0n) is 14.4. The fourth-order valence-corrected chi connectivity index (χ4v) is 4.83. The van der Waals surface area contributed by atoms with Crippen molar-refractivity contribution >= 4 is 39.1 Å². The van der Waals surface area contributed by atoms with Crippen LogP contribution in [0.5, 0.6) is 0 Å². The van der Waals surface area contributed by atoms with E-state index in [-0.39, 0.29) is 34.1 Å². The molecule has 3 rings (SSSR count). The van der Waals surface area contributed by atoms with Crippen LogP contribution in [0, 0.1) is 0 Å². The van der Waals surface area contributed by atoms with Crippen LogP contribution in [-0.2, 0) is 24.2 Å². The summed E-state index contributed by atoms with van der Waals surface area (Å²) in [5.74, 6) is -0.785. The van der Waals surface area contributed by atoms with Crippen molar-refractivity contribution in [2.75, 3.05) is 37.4 Å². The Morgan fingerprint density at radius 3 is 2.85 bits per heavy atom. The molecule has 0 spiro atoms. The van der Waals surface area contributed by atoms with E-state index in [0.717, 1.165) is 4.90 Å². The molecule has 1 aromatic carbocycles. The minimum absolute atomic E-state index is 0.103. The molecular weight excluding hydrogens is 378 g/mol. The molecule has 2 amide bonds. The van der Waals surface area contributed by atoms with Crippen molar-refractivity contribution in [2.24, 2.45) is 0 Å². The Morgan fingerprint density at radius 1 is 1.38 bits per heavy atom. The summed E-state index contributed by atoms with van der Waals surface area (Å²) in [7, 11) is -3.63. The summed E-state index contributed by atoms with van der Waals surface area (Å²) < 4.78 is 30.2. The molecule has 8 nitrogen and oxygen atoms in total. The molecule has 142 valence electrons. The van der Waals surface area contributed by atoms with E-state index in [2.05, 4.69) is 10.7 Å². The number of nitrogens with zero attached hydrogens (tertiary/aromatic N) is 1. The van der Waals surface area contributed by atoms with Gasteiger partial charge in [0.2, 0.25) is 11.8 Å². The van der Waals surface area contributed by atoms with Crippen LogP contribution >= 0.6 is 11.8 Å². The number of ether oxygens (including phenoxy) is 1. The first-order chi connectivity index (χ1) is 12.3. The molecule has 1 saturated heterocycles. The number of hydrogen-bond acceptors (Lipinski definition) is 7. The maximum Gasteiger partial charge on any atom is 0.237 e. The minimum Gasteiger partial charge on any atom is -0.379 e. The first-order valence-corrected chi connectivity index (χ1v) is 10.8. The van der Waals surface area contributed by atoms with Crippen LogP contribution in [0.25, 0.3) is 0 Å². The van der Waals surface area contributed by atoms with Crippen molar-refractivity contribution in [1.82, 2.24) is 10.4 Å². The molecule has 0 saturated carbocycles. The van der Waals surface area contributed by atoms with Crippen molar-refractivity contribution in [3.05, 3.63) is 18.2 Å². The standard InChI is InChI=1S/C16H21N3O5S2/c1-11-16(21)17-13-10-12(2-3-14(13)25-11)26(22,23)9-4-15(20)18-19-5-7-24-8-6-19/h2-3,10-11H,4-9H2,1H3,(H,17,21)(H,18,20)/t11-/m1/s1. The second-order valence-corrected chi connectivity index (χ2v) is 9.60. The Kier molecular flexibility index (Phi) is 5.86. The van der Waals surface area contributed by atoms with Crippen molar-refractivity contribution in [2.45, 2.75) is 28.4 Å². The number of fused-ring (bicyclic) bond motifs is 1. The van der Waals surface area contributed by atoms with Gasteiger partial charge in [0.25, 0.3) is 0 Å². The summed E-state index contributed by atoms with van der Waals surface area (Å²) in [4.78, 5) is 24.7. The zero-order valence-corrected chi connectivity index (χ0v) is 16.0. The molecule has 0 aromatic heterocycles. The highest BCUT2D eigenvalue weighted by Crippen LogP contribution is 2.36. The van der Waals surface area contributed by atoms with Gasteiger partial charge in [-0.2, -0.15) is 0 Å². The average molecular weight is 399 g/mol. The molecule has 0 unspecified atom stereocenters. The van der Waals surface area contributed by atoms with Gasteiger partial charge < -0.3 is 10.1 Å². The monoisotopic (exact) mass is 399 g/mol. The third kappa shape index (κ3) is 4.56. The number of thioether (sulfide) groups is 1. The van der Waals surface area contributed by atoms with E-state index in [1.165, 1.54) is 23.9 Å². The molecular formula is C16H21N3O5S2. The first kappa shape index (κ1) is 19.2. The number of rotatable bonds is 5. The molecule has 2 heterocycles. The molecule has 1 fully saturated rings. The molecule has 2 aliphatic rings. The Balaban J connectivity index is 1.62. The number of nitrogens with one attached hydrogen (secondary N) is 2. The third-order valence-electron chi connectivity index (χ3n) is 4.13. The van der Waals surface area contributed by atoms with Crippen molar-refractivity contribution in [1.29, 1.82) is 0 Å². The number of hydrazine groups is 1. The van der Waals surface area contributed by atoms with Crippen LogP contribution in [0.15, 0.2) is 28.0 Å². The van der Waals surface area contributed by atoms with Crippen LogP contribution in [-0.4, -0.2) is 62.5 Å². The number of anilines is 1. The van der Waals surface area contributed by atoms with Gasteiger partial charge in [0.15, 0.2) is 9.84 Å². The highest BCUT2D eigenvalue weighted by atomic mass is 32.2. The van der Waals surface area contributed by atoms with Gasteiger partial charge in [-0.15, -0.1) is 11.8 Å². The van der Waals surface area contributed by atoms with Gasteiger partial charge in [0.05, 0.1) is 34.8 Å². The average Bonchev–Trinajstić information content (AvgIpc) is 2.61. The van der Waals surface area contributed by atoms with Crippen LogP contribution in [0.2, 0.25) is 0 Å². The minimum atomic E-state index is -3.63. The summed E-state index contributed by atoms with van der Waals surface area (Å²) in [6.07, 6.45) is -0.130. The van der Waals surface area contributed by atoms with Crippen LogP contribution in [0.4, 0.5) is 5.69 Å².